The highest BCUT2D eigenvalue weighted by Crippen LogP contribution is 2.25. The molecule has 1 aliphatic rings. The van der Waals surface area contributed by atoms with Crippen LogP contribution in [0.25, 0.3) is 10.9 Å². The lowest BCUT2D eigenvalue weighted by Gasteiger charge is -2.30. The van der Waals surface area contributed by atoms with Gasteiger partial charge in [-0.2, -0.15) is 0 Å². The van der Waals surface area contributed by atoms with E-state index in [-0.39, 0.29) is 11.7 Å². The molecule has 0 radical (unpaired) electrons. The average Bonchev–Trinajstić information content (AvgIpc) is 2.87. The molecule has 1 aliphatic heterocycles. The molecular formula is C19H17FN2O. The van der Waals surface area contributed by atoms with Crippen molar-refractivity contribution in [2.45, 2.75) is 13.0 Å². The fraction of sp³-hybridized carbons (Fsp3) is 0.211. The smallest absolute Gasteiger partial charge is 0.256 e. The van der Waals surface area contributed by atoms with Gasteiger partial charge >= 0.3 is 0 Å². The van der Waals surface area contributed by atoms with Gasteiger partial charge in [0.25, 0.3) is 5.91 Å². The number of hydrogen-bond donors (Lipinski definition) is 0. The van der Waals surface area contributed by atoms with E-state index in [0.717, 1.165) is 41.5 Å². The standard InChI is InChI=1S/C19H17FN2O/c20-15-8-6-14(7-9-15)12-22-13-17(19(23)21-10-3-11-21)16-4-1-2-5-18(16)22/h1-2,4-9,13H,3,10-12H2. The number of carbonyl (C=O) groups excluding carboxylic acids is 1. The summed E-state index contributed by atoms with van der Waals surface area (Å²) in [4.78, 5) is 14.5. The van der Waals surface area contributed by atoms with Gasteiger partial charge in [-0.15, -0.1) is 0 Å². The Hall–Kier alpha value is -2.62. The monoisotopic (exact) mass is 308 g/mol. The third-order valence-corrected chi connectivity index (χ3v) is 4.43. The summed E-state index contributed by atoms with van der Waals surface area (Å²) >= 11 is 0. The Bertz CT molecular complexity index is 863. The largest absolute Gasteiger partial charge is 0.342 e. The molecule has 1 aromatic heterocycles. The molecule has 23 heavy (non-hydrogen) atoms. The molecule has 1 saturated heterocycles. The van der Waals surface area contributed by atoms with Gasteiger partial charge in [-0.1, -0.05) is 30.3 Å². The van der Waals surface area contributed by atoms with Gasteiger partial charge in [0.2, 0.25) is 0 Å². The summed E-state index contributed by atoms with van der Waals surface area (Å²) < 4.78 is 15.1. The quantitative estimate of drug-likeness (QED) is 0.724. The Morgan fingerprint density at radius 3 is 2.48 bits per heavy atom. The first-order valence-corrected chi connectivity index (χ1v) is 7.84. The Morgan fingerprint density at radius 2 is 1.78 bits per heavy atom. The molecule has 0 N–H and O–H groups in total. The second-order valence-electron chi connectivity index (χ2n) is 5.96. The van der Waals surface area contributed by atoms with E-state index in [0.29, 0.717) is 6.54 Å². The summed E-state index contributed by atoms with van der Waals surface area (Å²) in [5.41, 5.74) is 2.79. The molecule has 2 aromatic carbocycles. The highest BCUT2D eigenvalue weighted by molar-refractivity contribution is 6.07. The number of benzene rings is 2. The number of likely N-dealkylation sites (tertiary alicyclic amines) is 1. The lowest BCUT2D eigenvalue weighted by molar-refractivity contribution is 0.0653. The van der Waals surface area contributed by atoms with Crippen molar-refractivity contribution in [2.24, 2.45) is 0 Å². The van der Waals surface area contributed by atoms with E-state index >= 15 is 0 Å². The summed E-state index contributed by atoms with van der Waals surface area (Å²) in [5.74, 6) is -0.134. The van der Waals surface area contributed by atoms with Crippen LogP contribution in [0.15, 0.2) is 54.7 Å². The molecule has 1 amide bonds. The van der Waals surface area contributed by atoms with E-state index in [9.17, 15) is 9.18 Å². The van der Waals surface area contributed by atoms with Crippen LogP contribution in [0.4, 0.5) is 4.39 Å². The first kappa shape index (κ1) is 14.0. The molecule has 4 heteroatoms. The maximum absolute atomic E-state index is 13.1. The van der Waals surface area contributed by atoms with Crippen LogP contribution in [0.2, 0.25) is 0 Å². The Morgan fingerprint density at radius 1 is 1.04 bits per heavy atom. The van der Waals surface area contributed by atoms with Crippen molar-refractivity contribution >= 4 is 16.8 Å². The van der Waals surface area contributed by atoms with E-state index in [2.05, 4.69) is 4.57 Å². The Labute approximate surface area is 133 Å². The molecule has 0 aliphatic carbocycles. The fourth-order valence-corrected chi connectivity index (χ4v) is 3.02. The molecule has 0 saturated carbocycles. The predicted molar refractivity (Wildman–Crippen MR) is 88.0 cm³/mol. The van der Waals surface area contributed by atoms with E-state index in [4.69, 9.17) is 0 Å². The highest BCUT2D eigenvalue weighted by atomic mass is 19.1. The van der Waals surface area contributed by atoms with Gasteiger partial charge < -0.3 is 9.47 Å². The van der Waals surface area contributed by atoms with Crippen molar-refractivity contribution in [1.82, 2.24) is 9.47 Å². The van der Waals surface area contributed by atoms with E-state index in [1.165, 1.54) is 12.1 Å². The van der Waals surface area contributed by atoms with Crippen LogP contribution in [0, 0.1) is 5.82 Å². The Kier molecular flexibility index (Phi) is 3.37. The summed E-state index contributed by atoms with van der Waals surface area (Å²) in [6, 6.07) is 14.4. The van der Waals surface area contributed by atoms with Gasteiger partial charge in [0.1, 0.15) is 5.82 Å². The van der Waals surface area contributed by atoms with Gasteiger partial charge in [-0.05, 0) is 30.2 Å². The van der Waals surface area contributed by atoms with Crippen molar-refractivity contribution in [3.8, 4) is 0 Å². The van der Waals surface area contributed by atoms with Crippen LogP contribution in [0.5, 0.6) is 0 Å². The second kappa shape index (κ2) is 5.54. The van der Waals surface area contributed by atoms with Crippen molar-refractivity contribution in [3.05, 3.63) is 71.7 Å². The van der Waals surface area contributed by atoms with Crippen LogP contribution in [-0.2, 0) is 6.54 Å². The third kappa shape index (κ3) is 2.50. The zero-order chi connectivity index (χ0) is 15.8. The van der Waals surface area contributed by atoms with Crippen LogP contribution >= 0.6 is 0 Å². The molecule has 3 nitrogen and oxygen atoms in total. The van der Waals surface area contributed by atoms with Crippen LogP contribution < -0.4 is 0 Å². The molecule has 0 unspecified atom stereocenters. The van der Waals surface area contributed by atoms with Crippen LogP contribution in [-0.4, -0.2) is 28.5 Å². The highest BCUT2D eigenvalue weighted by Gasteiger charge is 2.24. The zero-order valence-corrected chi connectivity index (χ0v) is 12.7. The molecule has 116 valence electrons. The number of hydrogen-bond acceptors (Lipinski definition) is 1. The van der Waals surface area contributed by atoms with Crippen molar-refractivity contribution in [2.75, 3.05) is 13.1 Å². The number of amides is 1. The minimum atomic E-state index is -0.236. The number of carbonyl (C=O) groups is 1. The molecule has 3 aromatic rings. The SMILES string of the molecule is O=C(c1cn(Cc2ccc(F)cc2)c2ccccc12)N1CCC1. The molecule has 0 spiro atoms. The van der Waals surface area contributed by atoms with Crippen molar-refractivity contribution in [1.29, 1.82) is 0 Å². The second-order valence-corrected chi connectivity index (χ2v) is 5.96. The fourth-order valence-electron chi connectivity index (χ4n) is 3.02. The molecular weight excluding hydrogens is 291 g/mol. The van der Waals surface area contributed by atoms with Crippen LogP contribution in [0.3, 0.4) is 0 Å². The molecule has 2 heterocycles. The van der Waals surface area contributed by atoms with E-state index in [1.807, 2.05) is 35.4 Å². The Balaban J connectivity index is 1.74. The third-order valence-electron chi connectivity index (χ3n) is 4.43. The minimum absolute atomic E-state index is 0.102. The molecule has 4 rings (SSSR count). The normalized spacial score (nSPS) is 14.0. The molecule has 0 bridgehead atoms. The maximum atomic E-state index is 13.1. The number of nitrogens with zero attached hydrogens (tertiary/aromatic N) is 2. The van der Waals surface area contributed by atoms with E-state index < -0.39 is 0 Å². The minimum Gasteiger partial charge on any atom is -0.342 e. The van der Waals surface area contributed by atoms with E-state index in [1.54, 1.807) is 12.1 Å². The number of fused-ring (bicyclic) bond motifs is 1. The first-order chi connectivity index (χ1) is 11.2. The first-order valence-electron chi connectivity index (χ1n) is 7.84. The summed E-state index contributed by atoms with van der Waals surface area (Å²) in [7, 11) is 0. The summed E-state index contributed by atoms with van der Waals surface area (Å²) in [6.45, 7) is 2.31. The van der Waals surface area contributed by atoms with Gasteiger partial charge in [-0.25, -0.2) is 4.39 Å². The molecule has 1 fully saturated rings. The van der Waals surface area contributed by atoms with Crippen LogP contribution in [0.1, 0.15) is 22.3 Å². The lowest BCUT2D eigenvalue weighted by Crippen LogP contribution is -2.41. The topological polar surface area (TPSA) is 25.2 Å². The molecule has 0 atom stereocenters. The van der Waals surface area contributed by atoms with Gasteiger partial charge in [0.15, 0.2) is 0 Å². The number of para-hydroxylation sites is 1. The number of halogens is 1. The predicted octanol–water partition coefficient (Wildman–Crippen LogP) is 3.67. The summed E-state index contributed by atoms with van der Waals surface area (Å²) in [6.07, 6.45) is 3.01. The van der Waals surface area contributed by atoms with Crippen molar-refractivity contribution < 1.29 is 9.18 Å². The van der Waals surface area contributed by atoms with Crippen molar-refractivity contribution in [3.63, 3.8) is 0 Å². The number of aromatic nitrogens is 1. The summed E-state index contributed by atoms with van der Waals surface area (Å²) in [5, 5.41) is 0.978. The maximum Gasteiger partial charge on any atom is 0.256 e. The van der Waals surface area contributed by atoms with Gasteiger partial charge in [0, 0.05) is 36.7 Å². The number of rotatable bonds is 3. The average molecular weight is 308 g/mol. The lowest BCUT2D eigenvalue weighted by atomic mass is 10.1. The van der Waals surface area contributed by atoms with Gasteiger partial charge in [0.05, 0.1) is 5.56 Å². The zero-order valence-electron chi connectivity index (χ0n) is 12.7. The van der Waals surface area contributed by atoms with Gasteiger partial charge in [-0.3, -0.25) is 4.79 Å².